The molecule has 1 aliphatic rings. The van der Waals surface area contributed by atoms with E-state index in [4.69, 9.17) is 14.2 Å². The number of aliphatic hydroxyl groups is 1. The lowest BCUT2D eigenvalue weighted by molar-refractivity contribution is -0.132. The number of hydrogen-bond acceptors (Lipinski definition) is 6. The lowest BCUT2D eigenvalue weighted by Crippen LogP contribution is -2.23. The molecule has 0 heterocycles. The fourth-order valence-corrected chi connectivity index (χ4v) is 3.56. The number of anilines is 1. The number of carboxylic acids is 1. The highest BCUT2D eigenvalue weighted by Gasteiger charge is 2.26. The Kier molecular flexibility index (Phi) is 6.29. The van der Waals surface area contributed by atoms with Gasteiger partial charge < -0.3 is 29.7 Å². The third-order valence-electron chi connectivity index (χ3n) is 5.06. The minimum atomic E-state index is -1.08. The Morgan fingerprint density at radius 1 is 1.00 bits per heavy atom. The van der Waals surface area contributed by atoms with E-state index in [0.29, 0.717) is 41.4 Å². The molecule has 3 N–H and O–H groups in total. The zero-order valence-corrected chi connectivity index (χ0v) is 16.7. The number of methoxy groups -OCH3 is 3. The molecule has 2 aromatic rings. The van der Waals surface area contributed by atoms with E-state index in [0.717, 1.165) is 17.5 Å². The second-order valence-corrected chi connectivity index (χ2v) is 6.69. The molecule has 0 bridgehead atoms. The number of ether oxygens (including phenoxy) is 3. The number of aliphatic hydroxyl groups excluding tert-OH is 1. The number of nitrogens with one attached hydrogen (secondary N) is 1. The number of benzene rings is 2. The van der Waals surface area contributed by atoms with Gasteiger partial charge in [0.05, 0.1) is 27.0 Å². The van der Waals surface area contributed by atoms with Gasteiger partial charge in [-0.25, -0.2) is 4.79 Å². The summed E-state index contributed by atoms with van der Waals surface area (Å²) in [5, 5.41) is 22.8. The monoisotopic (exact) mass is 399 g/mol. The first-order valence-corrected chi connectivity index (χ1v) is 9.28. The van der Waals surface area contributed by atoms with Gasteiger partial charge in [-0.3, -0.25) is 0 Å². The van der Waals surface area contributed by atoms with E-state index in [-0.39, 0.29) is 5.57 Å². The highest BCUT2D eigenvalue weighted by atomic mass is 16.5. The summed E-state index contributed by atoms with van der Waals surface area (Å²) in [7, 11) is 4.73. The number of hydrogen-bond donors (Lipinski definition) is 3. The average Bonchev–Trinajstić information content (AvgIpc) is 3.24. The Morgan fingerprint density at radius 3 is 2.41 bits per heavy atom. The van der Waals surface area contributed by atoms with Gasteiger partial charge in [-0.2, -0.15) is 0 Å². The number of carbonyl (C=O) groups is 1. The summed E-state index contributed by atoms with van der Waals surface area (Å²) >= 11 is 0. The normalized spacial score (nSPS) is 14.5. The summed E-state index contributed by atoms with van der Waals surface area (Å²) < 4.78 is 16.2. The van der Waals surface area contributed by atoms with Crippen molar-refractivity contribution in [3.63, 3.8) is 0 Å². The van der Waals surface area contributed by atoms with E-state index >= 15 is 0 Å². The van der Waals surface area contributed by atoms with Gasteiger partial charge in [0.15, 0.2) is 0 Å². The Hall–Kier alpha value is -3.19. The number of rotatable bonds is 8. The molecule has 154 valence electrons. The van der Waals surface area contributed by atoms with Crippen LogP contribution in [0.5, 0.6) is 17.2 Å². The Bertz CT molecular complexity index is 937. The first-order valence-electron chi connectivity index (χ1n) is 9.28. The molecular formula is C22H25NO6. The van der Waals surface area contributed by atoms with Crippen molar-refractivity contribution in [3.05, 3.63) is 47.5 Å². The molecule has 2 aromatic carbocycles. The molecule has 0 aliphatic heterocycles. The van der Waals surface area contributed by atoms with Gasteiger partial charge in [-0.1, -0.05) is 6.07 Å². The van der Waals surface area contributed by atoms with Gasteiger partial charge in [0.1, 0.15) is 23.5 Å². The molecule has 0 aromatic heterocycles. The van der Waals surface area contributed by atoms with Crippen LogP contribution in [-0.4, -0.2) is 43.7 Å². The van der Waals surface area contributed by atoms with Crippen molar-refractivity contribution in [2.45, 2.75) is 25.5 Å². The maximum atomic E-state index is 11.4. The van der Waals surface area contributed by atoms with Crippen molar-refractivity contribution in [1.82, 2.24) is 0 Å². The van der Waals surface area contributed by atoms with Gasteiger partial charge >= 0.3 is 5.97 Å². The molecule has 0 radical (unpaired) electrons. The molecule has 1 aliphatic carbocycles. The second kappa shape index (κ2) is 8.87. The van der Waals surface area contributed by atoms with Gasteiger partial charge in [-0.05, 0) is 54.7 Å². The third-order valence-corrected chi connectivity index (χ3v) is 5.06. The summed E-state index contributed by atoms with van der Waals surface area (Å²) in [4.78, 5) is 11.4. The minimum Gasteiger partial charge on any atom is -0.497 e. The van der Waals surface area contributed by atoms with Crippen LogP contribution < -0.4 is 19.5 Å². The first-order chi connectivity index (χ1) is 14.0. The molecule has 0 saturated heterocycles. The van der Waals surface area contributed by atoms with Crippen molar-refractivity contribution in [2.24, 2.45) is 0 Å². The zero-order chi connectivity index (χ0) is 21.0. The molecule has 0 saturated carbocycles. The molecule has 1 unspecified atom stereocenters. The van der Waals surface area contributed by atoms with Crippen LogP contribution in [0.15, 0.2) is 47.5 Å². The van der Waals surface area contributed by atoms with Crippen LogP contribution in [0.4, 0.5) is 5.69 Å². The van der Waals surface area contributed by atoms with Crippen LogP contribution in [0.3, 0.4) is 0 Å². The van der Waals surface area contributed by atoms with Crippen molar-refractivity contribution in [1.29, 1.82) is 0 Å². The van der Waals surface area contributed by atoms with Crippen molar-refractivity contribution in [3.8, 4) is 28.4 Å². The predicted octanol–water partition coefficient (Wildman–Crippen LogP) is 3.67. The number of carboxylic acid groups (broad SMARTS) is 1. The largest absolute Gasteiger partial charge is 0.497 e. The molecule has 7 heteroatoms. The van der Waals surface area contributed by atoms with E-state index in [2.05, 4.69) is 5.32 Å². The van der Waals surface area contributed by atoms with E-state index in [9.17, 15) is 15.0 Å². The maximum absolute atomic E-state index is 11.4. The lowest BCUT2D eigenvalue weighted by atomic mass is 10.0. The smallest absolute Gasteiger partial charge is 0.331 e. The van der Waals surface area contributed by atoms with Gasteiger partial charge in [0, 0.05) is 17.2 Å². The van der Waals surface area contributed by atoms with Crippen molar-refractivity contribution in [2.75, 3.05) is 26.6 Å². The molecule has 29 heavy (non-hydrogen) atoms. The summed E-state index contributed by atoms with van der Waals surface area (Å²) in [6.45, 7) is 0. The molecule has 7 nitrogen and oxygen atoms in total. The van der Waals surface area contributed by atoms with Gasteiger partial charge in [0.25, 0.3) is 0 Å². The fourth-order valence-electron chi connectivity index (χ4n) is 3.56. The summed E-state index contributed by atoms with van der Waals surface area (Å²) in [5.41, 5.74) is 3.10. The van der Waals surface area contributed by atoms with E-state index in [1.165, 1.54) is 0 Å². The molecule has 1 atom stereocenters. The second-order valence-electron chi connectivity index (χ2n) is 6.69. The summed E-state index contributed by atoms with van der Waals surface area (Å²) in [5.74, 6) is 0.898. The summed E-state index contributed by atoms with van der Waals surface area (Å²) in [6.07, 6.45) is 0.665. The van der Waals surface area contributed by atoms with E-state index < -0.39 is 12.2 Å². The van der Waals surface area contributed by atoms with Gasteiger partial charge in [-0.15, -0.1) is 0 Å². The van der Waals surface area contributed by atoms with Gasteiger partial charge in [0.2, 0.25) is 0 Å². The summed E-state index contributed by atoms with van der Waals surface area (Å²) in [6, 6.07) is 11.1. The van der Waals surface area contributed by atoms with E-state index in [1.54, 1.807) is 33.5 Å². The van der Waals surface area contributed by atoms with Crippen LogP contribution in [0.2, 0.25) is 0 Å². The number of aliphatic carboxylic acids is 1. The lowest BCUT2D eigenvalue weighted by Gasteiger charge is -2.19. The highest BCUT2D eigenvalue weighted by Crippen LogP contribution is 2.38. The van der Waals surface area contributed by atoms with E-state index in [1.807, 2.05) is 24.3 Å². The first kappa shape index (κ1) is 20.5. The van der Waals surface area contributed by atoms with Crippen LogP contribution in [0, 0.1) is 0 Å². The van der Waals surface area contributed by atoms with Crippen LogP contribution in [0.25, 0.3) is 11.1 Å². The minimum absolute atomic E-state index is 0.281. The van der Waals surface area contributed by atoms with Crippen molar-refractivity contribution >= 4 is 11.7 Å². The van der Waals surface area contributed by atoms with Crippen LogP contribution in [-0.2, 0) is 4.79 Å². The van der Waals surface area contributed by atoms with Crippen LogP contribution in [0.1, 0.15) is 19.3 Å². The highest BCUT2D eigenvalue weighted by molar-refractivity contribution is 5.88. The zero-order valence-electron chi connectivity index (χ0n) is 16.7. The standard InChI is InChI=1S/C22H25NO6/c1-27-14-8-9-15(19(12-14)28-2)13-7-10-18(20(11-13)29-3)23-21(24)16-5-4-6-17(16)22(25)26/h7-12,21,23-24H,4-6H2,1-3H3,(H,25,26). The fraction of sp³-hybridized carbons (Fsp3) is 0.318. The quantitative estimate of drug-likeness (QED) is 0.583. The average molecular weight is 399 g/mol. The molecule has 0 fully saturated rings. The van der Waals surface area contributed by atoms with Crippen molar-refractivity contribution < 1.29 is 29.2 Å². The maximum Gasteiger partial charge on any atom is 0.331 e. The molecular weight excluding hydrogens is 374 g/mol. The Labute approximate surface area is 169 Å². The molecule has 0 amide bonds. The third kappa shape index (κ3) is 4.30. The SMILES string of the molecule is COc1ccc(-c2ccc(NC(O)C3=C(C(=O)O)CCC3)c(OC)c2)c(OC)c1. The molecule has 0 spiro atoms. The predicted molar refractivity (Wildman–Crippen MR) is 110 cm³/mol. The van der Waals surface area contributed by atoms with Crippen LogP contribution >= 0.6 is 0 Å². The molecule has 3 rings (SSSR count). The topological polar surface area (TPSA) is 97.2 Å². The Morgan fingerprint density at radius 2 is 1.76 bits per heavy atom. The Balaban J connectivity index is 1.90.